The van der Waals surface area contributed by atoms with Gasteiger partial charge < -0.3 is 0 Å². The molecule has 1 atom stereocenters. The molecule has 0 spiro atoms. The standard InChI is InChI=1S/C20H21ClF3N3/c1-12(2)9-15-5-4-6-16(19(15)20(22,23)24)13(3)10-14-7-8-18(26-27-25)17(21)11-14/h4-8,11-13H,9-10H2,1-3H3. The zero-order valence-corrected chi connectivity index (χ0v) is 16.1. The fourth-order valence-electron chi connectivity index (χ4n) is 3.26. The number of alkyl halides is 3. The van der Waals surface area contributed by atoms with Gasteiger partial charge in [0, 0.05) is 4.91 Å². The molecule has 0 fully saturated rings. The second-order valence-electron chi connectivity index (χ2n) is 7.06. The molecule has 2 rings (SSSR count). The van der Waals surface area contributed by atoms with Gasteiger partial charge in [0.05, 0.1) is 16.3 Å². The molecule has 0 aliphatic heterocycles. The maximum atomic E-state index is 13.8. The van der Waals surface area contributed by atoms with Crippen LogP contribution in [0.3, 0.4) is 0 Å². The third-order valence-corrected chi connectivity index (χ3v) is 4.63. The average Bonchev–Trinajstić information content (AvgIpc) is 2.55. The monoisotopic (exact) mass is 395 g/mol. The summed E-state index contributed by atoms with van der Waals surface area (Å²) in [5.41, 5.74) is 9.67. The molecule has 0 aromatic heterocycles. The molecule has 0 bridgehead atoms. The van der Waals surface area contributed by atoms with Crippen LogP contribution in [0.25, 0.3) is 10.4 Å². The number of benzene rings is 2. The Hall–Kier alpha value is -2.17. The van der Waals surface area contributed by atoms with E-state index in [2.05, 4.69) is 10.0 Å². The van der Waals surface area contributed by atoms with Crippen LogP contribution in [0.2, 0.25) is 5.02 Å². The summed E-state index contributed by atoms with van der Waals surface area (Å²) in [6.07, 6.45) is -3.63. The normalized spacial score (nSPS) is 12.7. The van der Waals surface area contributed by atoms with Crippen molar-refractivity contribution in [2.45, 2.75) is 45.7 Å². The molecule has 0 amide bonds. The fraction of sp³-hybridized carbons (Fsp3) is 0.400. The molecule has 0 heterocycles. The summed E-state index contributed by atoms with van der Waals surface area (Å²) in [4.78, 5) is 2.69. The van der Waals surface area contributed by atoms with Gasteiger partial charge in [0.15, 0.2) is 0 Å². The molecule has 2 aromatic rings. The first-order valence-electron chi connectivity index (χ1n) is 8.66. The van der Waals surface area contributed by atoms with Crippen molar-refractivity contribution in [3.8, 4) is 0 Å². The van der Waals surface area contributed by atoms with E-state index < -0.39 is 11.7 Å². The summed E-state index contributed by atoms with van der Waals surface area (Å²) in [5.74, 6) is -0.223. The van der Waals surface area contributed by atoms with Crippen molar-refractivity contribution < 1.29 is 13.2 Å². The van der Waals surface area contributed by atoms with Crippen LogP contribution in [0.15, 0.2) is 41.5 Å². The van der Waals surface area contributed by atoms with E-state index in [1.54, 1.807) is 43.3 Å². The van der Waals surface area contributed by atoms with E-state index >= 15 is 0 Å². The largest absolute Gasteiger partial charge is 0.416 e. The summed E-state index contributed by atoms with van der Waals surface area (Å²) in [6, 6.07) is 9.73. The Morgan fingerprint density at radius 3 is 2.37 bits per heavy atom. The quantitative estimate of drug-likeness (QED) is 0.271. The molecule has 0 aliphatic rings. The van der Waals surface area contributed by atoms with Crippen molar-refractivity contribution in [2.75, 3.05) is 0 Å². The Morgan fingerprint density at radius 2 is 1.81 bits per heavy atom. The van der Waals surface area contributed by atoms with E-state index in [1.807, 2.05) is 13.8 Å². The van der Waals surface area contributed by atoms with Gasteiger partial charge in [-0.25, -0.2) is 0 Å². The average molecular weight is 396 g/mol. The zero-order valence-electron chi connectivity index (χ0n) is 15.4. The summed E-state index contributed by atoms with van der Waals surface area (Å²) < 4.78 is 41.4. The topological polar surface area (TPSA) is 48.8 Å². The van der Waals surface area contributed by atoms with Crippen LogP contribution in [0.4, 0.5) is 18.9 Å². The first-order valence-corrected chi connectivity index (χ1v) is 9.03. The highest BCUT2D eigenvalue weighted by Gasteiger charge is 2.37. The third kappa shape index (κ3) is 5.41. The molecule has 2 aromatic carbocycles. The van der Waals surface area contributed by atoms with Crippen molar-refractivity contribution in [2.24, 2.45) is 11.0 Å². The van der Waals surface area contributed by atoms with E-state index in [-0.39, 0.29) is 22.4 Å². The lowest BCUT2D eigenvalue weighted by Crippen LogP contribution is -2.16. The lowest BCUT2D eigenvalue weighted by molar-refractivity contribution is -0.139. The Kier molecular flexibility index (Phi) is 6.79. The van der Waals surface area contributed by atoms with E-state index in [4.69, 9.17) is 17.1 Å². The first kappa shape index (κ1) is 21.1. The Balaban J connectivity index is 2.39. The van der Waals surface area contributed by atoms with Crippen LogP contribution < -0.4 is 0 Å². The number of nitrogens with zero attached hydrogens (tertiary/aromatic N) is 3. The maximum absolute atomic E-state index is 13.8. The van der Waals surface area contributed by atoms with Crippen LogP contribution >= 0.6 is 11.6 Å². The second-order valence-corrected chi connectivity index (χ2v) is 7.46. The van der Waals surface area contributed by atoms with Crippen molar-refractivity contribution in [1.82, 2.24) is 0 Å². The number of halogens is 4. The minimum atomic E-state index is -4.40. The van der Waals surface area contributed by atoms with Crippen LogP contribution in [-0.4, -0.2) is 0 Å². The van der Waals surface area contributed by atoms with Gasteiger partial charge in [-0.15, -0.1) is 0 Å². The number of hydrogen-bond donors (Lipinski definition) is 0. The summed E-state index contributed by atoms with van der Waals surface area (Å²) in [7, 11) is 0. The minimum absolute atomic E-state index is 0.128. The lowest BCUT2D eigenvalue weighted by atomic mass is 9.86. The number of hydrogen-bond acceptors (Lipinski definition) is 1. The van der Waals surface area contributed by atoms with Crippen LogP contribution in [0.1, 0.15) is 48.9 Å². The molecular weight excluding hydrogens is 375 g/mol. The summed E-state index contributed by atoms with van der Waals surface area (Å²) in [6.45, 7) is 5.59. The van der Waals surface area contributed by atoms with Gasteiger partial charge >= 0.3 is 6.18 Å². The first-order chi connectivity index (χ1) is 12.6. The molecule has 0 saturated heterocycles. The van der Waals surface area contributed by atoms with Crippen molar-refractivity contribution in [3.05, 3.63) is 74.1 Å². The summed E-state index contributed by atoms with van der Waals surface area (Å²) in [5, 5.41) is 3.75. The predicted octanol–water partition coefficient (Wildman–Crippen LogP) is 7.85. The van der Waals surface area contributed by atoms with Gasteiger partial charge in [-0.1, -0.05) is 67.8 Å². The lowest BCUT2D eigenvalue weighted by Gasteiger charge is -2.22. The van der Waals surface area contributed by atoms with E-state index in [9.17, 15) is 13.2 Å². The van der Waals surface area contributed by atoms with Crippen LogP contribution in [0, 0.1) is 5.92 Å². The Bertz CT molecular complexity index is 856. The maximum Gasteiger partial charge on any atom is 0.416 e. The SMILES string of the molecule is CC(C)Cc1cccc(C(C)Cc2ccc(N=[N+]=[N-])c(Cl)c2)c1C(F)(F)F. The molecule has 144 valence electrons. The highest BCUT2D eigenvalue weighted by Crippen LogP contribution is 2.39. The third-order valence-electron chi connectivity index (χ3n) is 4.33. The molecule has 0 N–H and O–H groups in total. The van der Waals surface area contributed by atoms with Gasteiger partial charge in [-0.05, 0) is 53.0 Å². The van der Waals surface area contributed by atoms with Gasteiger partial charge in [0.2, 0.25) is 0 Å². The summed E-state index contributed by atoms with van der Waals surface area (Å²) >= 11 is 6.08. The van der Waals surface area contributed by atoms with E-state index in [0.717, 1.165) is 5.56 Å². The Labute approximate surface area is 161 Å². The van der Waals surface area contributed by atoms with E-state index in [0.29, 0.717) is 24.1 Å². The fourth-order valence-corrected chi connectivity index (χ4v) is 3.50. The van der Waals surface area contributed by atoms with Gasteiger partial charge in [-0.2, -0.15) is 13.2 Å². The Morgan fingerprint density at radius 1 is 1.11 bits per heavy atom. The molecule has 0 saturated carbocycles. The number of azide groups is 1. The van der Waals surface area contributed by atoms with Gasteiger partial charge in [0.1, 0.15) is 0 Å². The zero-order chi connectivity index (χ0) is 20.2. The minimum Gasteiger partial charge on any atom is -0.166 e. The van der Waals surface area contributed by atoms with Crippen LogP contribution in [-0.2, 0) is 19.0 Å². The molecular formula is C20H21ClF3N3. The molecule has 0 aliphatic carbocycles. The second kappa shape index (κ2) is 8.68. The van der Waals surface area contributed by atoms with Crippen molar-refractivity contribution >= 4 is 17.3 Å². The molecule has 27 heavy (non-hydrogen) atoms. The smallest absolute Gasteiger partial charge is 0.166 e. The molecule has 0 radical (unpaired) electrons. The molecule has 3 nitrogen and oxygen atoms in total. The van der Waals surface area contributed by atoms with Gasteiger partial charge in [0.25, 0.3) is 0 Å². The highest BCUT2D eigenvalue weighted by molar-refractivity contribution is 6.33. The van der Waals surface area contributed by atoms with Crippen molar-refractivity contribution in [3.63, 3.8) is 0 Å². The molecule has 7 heteroatoms. The highest BCUT2D eigenvalue weighted by atomic mass is 35.5. The predicted molar refractivity (Wildman–Crippen MR) is 102 cm³/mol. The van der Waals surface area contributed by atoms with Crippen molar-refractivity contribution in [1.29, 1.82) is 0 Å². The number of rotatable bonds is 6. The van der Waals surface area contributed by atoms with Crippen LogP contribution in [0.5, 0.6) is 0 Å². The molecule has 1 unspecified atom stereocenters. The van der Waals surface area contributed by atoms with E-state index in [1.165, 1.54) is 0 Å². The van der Waals surface area contributed by atoms with Gasteiger partial charge in [-0.3, -0.25) is 0 Å².